The zero-order valence-corrected chi connectivity index (χ0v) is 15.3. The molecule has 0 aliphatic carbocycles. The van der Waals surface area contributed by atoms with Crippen molar-refractivity contribution in [2.24, 2.45) is 0 Å². The van der Waals surface area contributed by atoms with Crippen LogP contribution in [0.25, 0.3) is 22.3 Å². The van der Waals surface area contributed by atoms with Gasteiger partial charge in [-0.25, -0.2) is 4.79 Å². The van der Waals surface area contributed by atoms with Crippen molar-refractivity contribution in [2.45, 2.75) is 20.0 Å². The third-order valence-electron chi connectivity index (χ3n) is 4.48. The molecule has 2 aromatic heterocycles. The van der Waals surface area contributed by atoms with Gasteiger partial charge in [-0.05, 0) is 25.1 Å². The molecule has 0 aliphatic rings. The lowest BCUT2D eigenvalue weighted by molar-refractivity contribution is 0.369. The van der Waals surface area contributed by atoms with Crippen LogP contribution in [0.1, 0.15) is 11.5 Å². The highest BCUT2D eigenvalue weighted by Crippen LogP contribution is 2.17. The molecule has 0 saturated carbocycles. The highest BCUT2D eigenvalue weighted by atomic mass is 16.5. The fourth-order valence-electron chi connectivity index (χ4n) is 3.17. The lowest BCUT2D eigenvalue weighted by Crippen LogP contribution is -2.40. The van der Waals surface area contributed by atoms with Gasteiger partial charge in [0.25, 0.3) is 5.56 Å². The molecule has 0 fully saturated rings. The highest BCUT2D eigenvalue weighted by Gasteiger charge is 2.15. The van der Waals surface area contributed by atoms with Crippen LogP contribution in [0.5, 0.6) is 0 Å². The number of nitrogens with zero attached hydrogens (tertiary/aromatic N) is 4. The summed E-state index contributed by atoms with van der Waals surface area (Å²) in [5.74, 6) is 0.739. The van der Waals surface area contributed by atoms with Gasteiger partial charge >= 0.3 is 5.69 Å². The molecule has 0 radical (unpaired) electrons. The fraction of sp³-hybridized carbons (Fsp3) is 0.143. The second-order valence-corrected chi connectivity index (χ2v) is 6.47. The maximum absolute atomic E-state index is 12.9. The zero-order valence-electron chi connectivity index (χ0n) is 15.3. The van der Waals surface area contributed by atoms with E-state index in [9.17, 15) is 9.59 Å². The molecule has 0 aliphatic heterocycles. The molecular weight excluding hydrogens is 356 g/mol. The summed E-state index contributed by atoms with van der Waals surface area (Å²) in [4.78, 5) is 29.9. The van der Waals surface area contributed by atoms with E-state index in [2.05, 4.69) is 16.7 Å². The molecule has 0 amide bonds. The number of fused-ring (bicyclic) bond motifs is 1. The van der Waals surface area contributed by atoms with E-state index in [0.717, 1.165) is 15.7 Å². The largest absolute Gasteiger partial charge is 0.337 e. The molecule has 4 aromatic rings. The van der Waals surface area contributed by atoms with Crippen LogP contribution in [-0.4, -0.2) is 19.3 Å². The Balaban J connectivity index is 1.81. The molecule has 0 unspecified atom stereocenters. The average Bonchev–Trinajstić information content (AvgIpc) is 3.17. The van der Waals surface area contributed by atoms with E-state index in [1.54, 1.807) is 24.3 Å². The molecule has 140 valence electrons. The summed E-state index contributed by atoms with van der Waals surface area (Å²) in [7, 11) is 0. The number of benzene rings is 2. The van der Waals surface area contributed by atoms with Crippen molar-refractivity contribution in [3.05, 3.63) is 93.5 Å². The molecule has 2 aromatic carbocycles. The molecule has 7 heteroatoms. The Morgan fingerprint density at radius 2 is 1.93 bits per heavy atom. The summed E-state index contributed by atoms with van der Waals surface area (Å²) in [5, 5.41) is 4.47. The lowest BCUT2D eigenvalue weighted by atomic mass is 10.1. The quantitative estimate of drug-likeness (QED) is 0.502. The van der Waals surface area contributed by atoms with Gasteiger partial charge in [0.1, 0.15) is 6.54 Å². The molecule has 0 N–H and O–H groups in total. The van der Waals surface area contributed by atoms with Gasteiger partial charge in [-0.15, -0.1) is 6.58 Å². The smallest absolute Gasteiger partial charge is 0.332 e. The Bertz CT molecular complexity index is 1300. The van der Waals surface area contributed by atoms with Crippen LogP contribution in [0.4, 0.5) is 0 Å². The third-order valence-corrected chi connectivity index (χ3v) is 4.48. The van der Waals surface area contributed by atoms with Gasteiger partial charge in [-0.1, -0.05) is 47.1 Å². The highest BCUT2D eigenvalue weighted by molar-refractivity contribution is 5.77. The number of para-hydroxylation sites is 1. The Kier molecular flexibility index (Phi) is 4.49. The van der Waals surface area contributed by atoms with Crippen LogP contribution in [-0.2, 0) is 13.1 Å². The number of hydrogen-bond donors (Lipinski definition) is 0. The minimum Gasteiger partial charge on any atom is -0.337 e. The van der Waals surface area contributed by atoms with E-state index >= 15 is 0 Å². The van der Waals surface area contributed by atoms with E-state index in [1.807, 2.05) is 31.2 Å². The molecule has 28 heavy (non-hydrogen) atoms. The van der Waals surface area contributed by atoms with Crippen molar-refractivity contribution in [1.29, 1.82) is 0 Å². The molecule has 7 nitrogen and oxygen atoms in total. The van der Waals surface area contributed by atoms with Gasteiger partial charge in [-0.2, -0.15) is 4.98 Å². The van der Waals surface area contributed by atoms with E-state index in [4.69, 9.17) is 4.52 Å². The molecule has 0 saturated heterocycles. The van der Waals surface area contributed by atoms with Gasteiger partial charge in [0, 0.05) is 12.1 Å². The van der Waals surface area contributed by atoms with Crippen LogP contribution in [0, 0.1) is 6.92 Å². The zero-order chi connectivity index (χ0) is 19.7. The van der Waals surface area contributed by atoms with Crippen LogP contribution in [0.2, 0.25) is 0 Å². The van der Waals surface area contributed by atoms with Gasteiger partial charge in [0.2, 0.25) is 11.7 Å². The van der Waals surface area contributed by atoms with Crippen LogP contribution in [0.3, 0.4) is 0 Å². The van der Waals surface area contributed by atoms with Crippen molar-refractivity contribution in [1.82, 2.24) is 19.3 Å². The van der Waals surface area contributed by atoms with Crippen LogP contribution in [0.15, 0.2) is 75.3 Å². The van der Waals surface area contributed by atoms with Crippen LogP contribution >= 0.6 is 0 Å². The number of rotatable bonds is 5. The van der Waals surface area contributed by atoms with Crippen molar-refractivity contribution < 1.29 is 4.52 Å². The fourth-order valence-corrected chi connectivity index (χ4v) is 3.17. The first-order valence-corrected chi connectivity index (χ1v) is 8.81. The van der Waals surface area contributed by atoms with E-state index in [1.165, 1.54) is 10.6 Å². The molecule has 0 atom stereocenters. The Hall–Kier alpha value is -3.74. The summed E-state index contributed by atoms with van der Waals surface area (Å²) in [6.07, 6.45) is 1.52. The predicted molar refractivity (Wildman–Crippen MR) is 106 cm³/mol. The Morgan fingerprint density at radius 1 is 1.11 bits per heavy atom. The maximum Gasteiger partial charge on any atom is 0.332 e. The normalized spacial score (nSPS) is 11.0. The number of aryl methyl sites for hydroxylation is 1. The molecule has 2 heterocycles. The van der Waals surface area contributed by atoms with E-state index in [-0.39, 0.29) is 24.5 Å². The Morgan fingerprint density at radius 3 is 2.71 bits per heavy atom. The van der Waals surface area contributed by atoms with Crippen molar-refractivity contribution in [2.75, 3.05) is 0 Å². The monoisotopic (exact) mass is 374 g/mol. The predicted octanol–water partition coefficient (Wildman–Crippen LogP) is 2.76. The average molecular weight is 374 g/mol. The molecular formula is C21H18N4O3. The summed E-state index contributed by atoms with van der Waals surface area (Å²) in [6, 6.07) is 14.7. The summed E-state index contributed by atoms with van der Waals surface area (Å²) >= 11 is 0. The first-order valence-electron chi connectivity index (χ1n) is 8.81. The number of hydrogen-bond acceptors (Lipinski definition) is 5. The van der Waals surface area contributed by atoms with Gasteiger partial charge < -0.3 is 4.52 Å². The Labute approximate surface area is 160 Å². The van der Waals surface area contributed by atoms with Crippen molar-refractivity contribution in [3.8, 4) is 11.4 Å². The molecule has 4 rings (SSSR count). The molecule has 0 bridgehead atoms. The standard InChI is InChI=1S/C21H18N4O3/c1-3-11-24-20(26)16-9-4-5-10-17(16)25(21(24)27)13-18-22-19(23-28-18)15-8-6-7-14(2)12-15/h3-10,12H,1,11,13H2,2H3. The summed E-state index contributed by atoms with van der Waals surface area (Å²) in [5.41, 5.74) is 1.65. The van der Waals surface area contributed by atoms with E-state index in [0.29, 0.717) is 16.7 Å². The van der Waals surface area contributed by atoms with Gasteiger partial charge in [0.15, 0.2) is 0 Å². The minimum absolute atomic E-state index is 0.0651. The first kappa shape index (κ1) is 17.7. The summed E-state index contributed by atoms with van der Waals surface area (Å²) in [6.45, 7) is 5.80. The van der Waals surface area contributed by atoms with Crippen molar-refractivity contribution >= 4 is 10.9 Å². The van der Waals surface area contributed by atoms with E-state index < -0.39 is 5.69 Å². The molecule has 0 spiro atoms. The minimum atomic E-state index is -0.445. The first-order chi connectivity index (χ1) is 13.6. The number of aromatic nitrogens is 4. The summed E-state index contributed by atoms with van der Waals surface area (Å²) < 4.78 is 7.98. The lowest BCUT2D eigenvalue weighted by Gasteiger charge is -2.11. The third kappa shape index (κ3) is 3.07. The van der Waals surface area contributed by atoms with Gasteiger partial charge in [-0.3, -0.25) is 13.9 Å². The van der Waals surface area contributed by atoms with Crippen LogP contribution < -0.4 is 11.2 Å². The van der Waals surface area contributed by atoms with Crippen molar-refractivity contribution in [3.63, 3.8) is 0 Å². The topological polar surface area (TPSA) is 82.9 Å². The second-order valence-electron chi connectivity index (χ2n) is 6.47. The van der Waals surface area contributed by atoms with Gasteiger partial charge in [0.05, 0.1) is 10.9 Å². The maximum atomic E-state index is 12.9. The number of allylic oxidation sites excluding steroid dienone is 1. The SMILES string of the molecule is C=CCn1c(=O)c2ccccc2n(Cc2nc(-c3cccc(C)c3)no2)c1=O. The second kappa shape index (κ2) is 7.11.